The third kappa shape index (κ3) is 4.77. The maximum absolute atomic E-state index is 12.1. The second kappa shape index (κ2) is 6.87. The van der Waals surface area contributed by atoms with Crippen LogP contribution in [-0.4, -0.2) is 22.9 Å². The van der Waals surface area contributed by atoms with Crippen LogP contribution in [-0.2, 0) is 4.79 Å². The van der Waals surface area contributed by atoms with E-state index in [9.17, 15) is 22.8 Å². The molecule has 1 heterocycles. The summed E-state index contributed by atoms with van der Waals surface area (Å²) in [6.07, 6.45) is -0.455. The predicted molar refractivity (Wildman–Crippen MR) is 78.7 cm³/mol. The van der Waals surface area contributed by atoms with Crippen molar-refractivity contribution in [3.63, 3.8) is 0 Å². The number of alkyl halides is 3. The predicted octanol–water partition coefficient (Wildman–Crippen LogP) is 3.48. The lowest BCUT2D eigenvalue weighted by atomic mass is 10.1. The SMILES string of the molecule is O=C(Nc1cccnc1)c1cccc(/C=C/C(=O)C(F)(F)F)c1. The minimum Gasteiger partial charge on any atom is -0.321 e. The van der Waals surface area contributed by atoms with Crippen LogP contribution in [0.1, 0.15) is 15.9 Å². The standard InChI is InChI=1S/C16H11F3N2O2/c17-16(18,19)14(22)7-6-11-3-1-4-12(9-11)15(23)21-13-5-2-8-20-10-13/h1-10H,(H,21,23)/b7-6+. The molecule has 2 aromatic rings. The van der Waals surface area contributed by atoms with E-state index >= 15 is 0 Å². The van der Waals surface area contributed by atoms with Gasteiger partial charge in [0.1, 0.15) is 0 Å². The molecular weight excluding hydrogens is 309 g/mol. The van der Waals surface area contributed by atoms with Gasteiger partial charge >= 0.3 is 6.18 Å². The lowest BCUT2D eigenvalue weighted by Gasteiger charge is -2.05. The Morgan fingerprint density at radius 1 is 1.13 bits per heavy atom. The van der Waals surface area contributed by atoms with Gasteiger partial charge in [-0.1, -0.05) is 18.2 Å². The molecule has 0 aliphatic carbocycles. The first-order valence-electron chi connectivity index (χ1n) is 6.47. The molecule has 0 bridgehead atoms. The lowest BCUT2D eigenvalue weighted by molar-refractivity contribution is -0.165. The molecule has 0 aliphatic rings. The van der Waals surface area contributed by atoms with Gasteiger partial charge in [0.2, 0.25) is 0 Å². The Labute approximate surface area is 129 Å². The van der Waals surface area contributed by atoms with Gasteiger partial charge in [-0.25, -0.2) is 0 Å². The summed E-state index contributed by atoms with van der Waals surface area (Å²) in [6.45, 7) is 0. The Balaban J connectivity index is 2.12. The first kappa shape index (κ1) is 16.4. The number of hydrogen-bond acceptors (Lipinski definition) is 3. The molecule has 23 heavy (non-hydrogen) atoms. The number of nitrogens with one attached hydrogen (secondary N) is 1. The van der Waals surface area contributed by atoms with Crippen molar-refractivity contribution in [2.45, 2.75) is 6.18 Å². The fourth-order valence-electron chi connectivity index (χ4n) is 1.69. The number of hydrogen-bond donors (Lipinski definition) is 1. The summed E-state index contributed by atoms with van der Waals surface area (Å²) in [6, 6.07) is 9.19. The highest BCUT2D eigenvalue weighted by Crippen LogP contribution is 2.17. The van der Waals surface area contributed by atoms with E-state index in [4.69, 9.17) is 0 Å². The van der Waals surface area contributed by atoms with E-state index < -0.39 is 17.9 Å². The molecular formula is C16H11F3N2O2. The summed E-state index contributed by atoms with van der Waals surface area (Å²) < 4.78 is 36.4. The van der Waals surface area contributed by atoms with Crippen molar-refractivity contribution in [3.05, 3.63) is 66.0 Å². The Morgan fingerprint density at radius 2 is 1.91 bits per heavy atom. The number of pyridine rings is 1. The maximum atomic E-state index is 12.1. The third-order valence-electron chi connectivity index (χ3n) is 2.77. The van der Waals surface area contributed by atoms with Gasteiger partial charge in [-0.05, 0) is 35.9 Å². The van der Waals surface area contributed by atoms with Crippen molar-refractivity contribution >= 4 is 23.5 Å². The number of carbonyl (C=O) groups is 2. The molecule has 0 fully saturated rings. The molecule has 7 heteroatoms. The second-order valence-electron chi connectivity index (χ2n) is 4.52. The smallest absolute Gasteiger partial charge is 0.321 e. The highest BCUT2D eigenvalue weighted by molar-refractivity contribution is 6.04. The largest absolute Gasteiger partial charge is 0.454 e. The molecule has 2 rings (SSSR count). The van der Waals surface area contributed by atoms with Crippen LogP contribution in [0.15, 0.2) is 54.9 Å². The molecule has 118 valence electrons. The molecule has 0 radical (unpaired) electrons. The van der Waals surface area contributed by atoms with Crippen molar-refractivity contribution in [1.82, 2.24) is 4.98 Å². The first-order valence-corrected chi connectivity index (χ1v) is 6.47. The Morgan fingerprint density at radius 3 is 2.57 bits per heavy atom. The van der Waals surface area contributed by atoms with Gasteiger partial charge in [0.25, 0.3) is 11.7 Å². The Kier molecular flexibility index (Phi) is 4.90. The average Bonchev–Trinajstić information content (AvgIpc) is 2.53. The summed E-state index contributed by atoms with van der Waals surface area (Å²) in [5.41, 5.74) is 1.04. The molecule has 0 spiro atoms. The summed E-state index contributed by atoms with van der Waals surface area (Å²) in [5.74, 6) is -2.39. The van der Waals surface area contributed by atoms with Crippen molar-refractivity contribution in [2.75, 3.05) is 5.32 Å². The van der Waals surface area contributed by atoms with Gasteiger partial charge in [-0.2, -0.15) is 13.2 Å². The Hall–Kier alpha value is -2.96. The molecule has 4 nitrogen and oxygen atoms in total. The zero-order chi connectivity index (χ0) is 16.9. The number of rotatable bonds is 4. The first-order chi connectivity index (χ1) is 10.9. The quantitative estimate of drug-likeness (QED) is 0.878. The van der Waals surface area contributed by atoms with Gasteiger partial charge in [0.05, 0.1) is 11.9 Å². The number of nitrogens with zero attached hydrogens (tertiary/aromatic N) is 1. The van der Waals surface area contributed by atoms with Gasteiger partial charge in [-0.3, -0.25) is 14.6 Å². The van der Waals surface area contributed by atoms with E-state index in [1.54, 1.807) is 18.3 Å². The van der Waals surface area contributed by atoms with Crippen molar-refractivity contribution in [1.29, 1.82) is 0 Å². The van der Waals surface area contributed by atoms with Crippen LogP contribution in [0.25, 0.3) is 6.08 Å². The molecule has 0 atom stereocenters. The maximum Gasteiger partial charge on any atom is 0.454 e. The number of carbonyl (C=O) groups excluding carboxylic acids is 2. The Bertz CT molecular complexity index is 740. The summed E-state index contributed by atoms with van der Waals surface area (Å²) in [4.78, 5) is 26.7. The summed E-state index contributed by atoms with van der Waals surface area (Å²) in [7, 11) is 0. The van der Waals surface area contributed by atoms with E-state index in [-0.39, 0.29) is 5.56 Å². The van der Waals surface area contributed by atoms with Gasteiger partial charge in [-0.15, -0.1) is 0 Å². The van der Waals surface area contributed by atoms with Crippen LogP contribution >= 0.6 is 0 Å². The second-order valence-corrected chi connectivity index (χ2v) is 4.52. The normalized spacial score (nSPS) is 11.4. The number of allylic oxidation sites excluding steroid dienone is 1. The van der Waals surface area contributed by atoms with Gasteiger partial charge in [0.15, 0.2) is 0 Å². The number of anilines is 1. The lowest BCUT2D eigenvalue weighted by Crippen LogP contribution is -2.19. The summed E-state index contributed by atoms with van der Waals surface area (Å²) in [5, 5.41) is 2.60. The molecule has 1 amide bonds. The van der Waals surface area contributed by atoms with Crippen molar-refractivity contribution in [3.8, 4) is 0 Å². The highest BCUT2D eigenvalue weighted by atomic mass is 19.4. The minimum atomic E-state index is -4.91. The molecule has 0 unspecified atom stereocenters. The fourth-order valence-corrected chi connectivity index (χ4v) is 1.69. The average molecular weight is 320 g/mol. The number of benzene rings is 1. The fraction of sp³-hybridized carbons (Fsp3) is 0.0625. The van der Waals surface area contributed by atoms with Crippen LogP contribution in [0, 0.1) is 0 Å². The zero-order valence-electron chi connectivity index (χ0n) is 11.7. The van der Waals surface area contributed by atoms with Gasteiger partial charge in [0, 0.05) is 11.8 Å². The number of halogens is 3. The number of ketones is 1. The van der Waals surface area contributed by atoms with Crippen LogP contribution in [0.2, 0.25) is 0 Å². The summed E-state index contributed by atoms with van der Waals surface area (Å²) >= 11 is 0. The molecule has 1 aromatic heterocycles. The van der Waals surface area contributed by atoms with Crippen LogP contribution < -0.4 is 5.32 Å². The van der Waals surface area contributed by atoms with Crippen LogP contribution in [0.3, 0.4) is 0 Å². The zero-order valence-corrected chi connectivity index (χ0v) is 11.7. The minimum absolute atomic E-state index is 0.246. The number of aromatic nitrogens is 1. The van der Waals surface area contributed by atoms with E-state index in [2.05, 4.69) is 10.3 Å². The molecule has 1 aromatic carbocycles. The topological polar surface area (TPSA) is 59.1 Å². The van der Waals surface area contributed by atoms with Gasteiger partial charge < -0.3 is 5.32 Å². The van der Waals surface area contributed by atoms with Crippen molar-refractivity contribution in [2.24, 2.45) is 0 Å². The molecule has 0 saturated heterocycles. The van der Waals surface area contributed by atoms with E-state index in [1.165, 1.54) is 30.5 Å². The van der Waals surface area contributed by atoms with E-state index in [0.717, 1.165) is 6.08 Å². The molecule has 1 N–H and O–H groups in total. The van der Waals surface area contributed by atoms with Crippen molar-refractivity contribution < 1.29 is 22.8 Å². The highest BCUT2D eigenvalue weighted by Gasteiger charge is 2.35. The van der Waals surface area contributed by atoms with E-state index in [1.807, 2.05) is 0 Å². The third-order valence-corrected chi connectivity index (χ3v) is 2.77. The van der Waals surface area contributed by atoms with E-state index in [0.29, 0.717) is 17.3 Å². The number of amides is 1. The monoisotopic (exact) mass is 320 g/mol. The van der Waals surface area contributed by atoms with Crippen LogP contribution in [0.4, 0.5) is 18.9 Å². The molecule has 0 aliphatic heterocycles. The van der Waals surface area contributed by atoms with Crippen LogP contribution in [0.5, 0.6) is 0 Å². The molecule has 0 saturated carbocycles.